The first-order chi connectivity index (χ1) is 7.77. The minimum Gasteiger partial charge on any atom is -0.312 e. The van der Waals surface area contributed by atoms with E-state index in [-0.39, 0.29) is 0 Å². The Hall–Kier alpha value is -0.710. The van der Waals surface area contributed by atoms with Crippen molar-refractivity contribution in [2.75, 3.05) is 18.6 Å². The van der Waals surface area contributed by atoms with Gasteiger partial charge in [0.05, 0.1) is 0 Å². The van der Waals surface area contributed by atoms with Crippen molar-refractivity contribution in [3.63, 3.8) is 0 Å². The van der Waals surface area contributed by atoms with E-state index >= 15 is 0 Å². The number of benzene rings is 1. The summed E-state index contributed by atoms with van der Waals surface area (Å²) in [6, 6.07) is 8.43. The summed E-state index contributed by atoms with van der Waals surface area (Å²) in [6.45, 7) is 1.68. The Balaban J connectivity index is 1.97. The number of nitrogens with one attached hydrogen (secondary N) is 1. The Kier molecular flexibility index (Phi) is 4.09. The van der Waals surface area contributed by atoms with Crippen LogP contribution in [0.5, 0.6) is 0 Å². The Labute approximate surface area is 102 Å². The molecule has 2 aromatic rings. The molecule has 0 radical (unpaired) electrons. The molecule has 0 amide bonds. The number of thiophene rings is 1. The molecule has 1 N–H and O–H groups in total. The summed E-state index contributed by atoms with van der Waals surface area (Å²) in [5.74, 6) is 0.724. The number of hydrogen-bond donors (Lipinski definition) is 1. The van der Waals surface area contributed by atoms with Gasteiger partial charge < -0.3 is 5.32 Å². The summed E-state index contributed by atoms with van der Waals surface area (Å²) in [5.41, 5.74) is 1.34. The number of hydrogen-bond acceptors (Lipinski definition) is 3. The quantitative estimate of drug-likeness (QED) is 0.829. The van der Waals surface area contributed by atoms with Gasteiger partial charge in [0.2, 0.25) is 0 Å². The molecule has 0 aliphatic rings. The van der Waals surface area contributed by atoms with Crippen molar-refractivity contribution in [1.29, 1.82) is 0 Å². The molecule has 16 heavy (non-hydrogen) atoms. The highest BCUT2D eigenvalue weighted by atomic mass is 32.2. The van der Waals surface area contributed by atoms with Crippen LogP contribution in [-0.2, 0) is 17.3 Å². The second-order valence-corrected chi connectivity index (χ2v) is 6.18. The van der Waals surface area contributed by atoms with Gasteiger partial charge in [-0.15, -0.1) is 11.3 Å². The van der Waals surface area contributed by atoms with Crippen molar-refractivity contribution in [3.8, 4) is 0 Å². The average Bonchev–Trinajstić information content (AvgIpc) is 2.68. The molecule has 0 fully saturated rings. The average molecular weight is 253 g/mol. The van der Waals surface area contributed by atoms with E-state index in [2.05, 4.69) is 35.0 Å². The van der Waals surface area contributed by atoms with Crippen LogP contribution in [0.1, 0.15) is 5.56 Å². The van der Waals surface area contributed by atoms with Crippen molar-refractivity contribution in [3.05, 3.63) is 35.2 Å². The lowest BCUT2D eigenvalue weighted by Gasteiger charge is -2.02. The summed E-state index contributed by atoms with van der Waals surface area (Å²) in [4.78, 5) is 0. The predicted molar refractivity (Wildman–Crippen MR) is 72.5 cm³/mol. The first-order valence-electron chi connectivity index (χ1n) is 5.23. The molecule has 0 spiro atoms. The van der Waals surface area contributed by atoms with Gasteiger partial charge in [0, 0.05) is 40.6 Å². The summed E-state index contributed by atoms with van der Waals surface area (Å²) >= 11 is 1.78. The topological polar surface area (TPSA) is 29.1 Å². The van der Waals surface area contributed by atoms with E-state index in [4.69, 9.17) is 0 Å². The van der Waals surface area contributed by atoms with Gasteiger partial charge in [-0.2, -0.15) is 0 Å². The fourth-order valence-corrected chi connectivity index (χ4v) is 3.00. The van der Waals surface area contributed by atoms with E-state index in [0.717, 1.165) is 18.8 Å². The molecular formula is C12H15NOS2. The summed E-state index contributed by atoms with van der Waals surface area (Å²) in [6.07, 6.45) is 1.74. The summed E-state index contributed by atoms with van der Waals surface area (Å²) in [5, 5.41) is 6.85. The van der Waals surface area contributed by atoms with Crippen LogP contribution in [0, 0.1) is 0 Å². The molecule has 1 atom stereocenters. The molecule has 2 rings (SSSR count). The van der Waals surface area contributed by atoms with Gasteiger partial charge in [0.1, 0.15) is 0 Å². The molecular weight excluding hydrogens is 238 g/mol. The molecule has 1 aromatic heterocycles. The fraction of sp³-hybridized carbons (Fsp3) is 0.333. The summed E-state index contributed by atoms with van der Waals surface area (Å²) in [7, 11) is -0.701. The van der Waals surface area contributed by atoms with Gasteiger partial charge >= 0.3 is 0 Å². The molecule has 0 saturated carbocycles. The Morgan fingerprint density at radius 1 is 1.38 bits per heavy atom. The lowest BCUT2D eigenvalue weighted by molar-refractivity contribution is 0.677. The maximum atomic E-state index is 10.9. The van der Waals surface area contributed by atoms with Gasteiger partial charge in [-0.05, 0) is 22.4 Å². The highest BCUT2D eigenvalue weighted by molar-refractivity contribution is 7.84. The molecule has 0 saturated heterocycles. The zero-order valence-corrected chi connectivity index (χ0v) is 10.9. The third-order valence-corrected chi connectivity index (χ3v) is 4.23. The first-order valence-corrected chi connectivity index (χ1v) is 7.84. The van der Waals surface area contributed by atoms with Crippen LogP contribution in [-0.4, -0.2) is 22.8 Å². The summed E-state index contributed by atoms with van der Waals surface area (Å²) < 4.78 is 12.2. The van der Waals surface area contributed by atoms with Gasteiger partial charge in [0.25, 0.3) is 0 Å². The van der Waals surface area contributed by atoms with Gasteiger partial charge in [0.15, 0.2) is 0 Å². The maximum Gasteiger partial charge on any atom is 0.0357 e. The van der Waals surface area contributed by atoms with E-state index in [0.29, 0.717) is 0 Å². The van der Waals surface area contributed by atoms with E-state index in [9.17, 15) is 4.21 Å². The van der Waals surface area contributed by atoms with Crippen molar-refractivity contribution >= 4 is 32.2 Å². The molecule has 1 aromatic carbocycles. The van der Waals surface area contributed by atoms with E-state index in [1.54, 1.807) is 17.6 Å². The minimum absolute atomic E-state index is 0.701. The molecule has 1 heterocycles. The Bertz CT molecular complexity index is 492. The maximum absolute atomic E-state index is 10.9. The van der Waals surface area contributed by atoms with Crippen molar-refractivity contribution in [2.24, 2.45) is 0 Å². The second-order valence-electron chi connectivity index (χ2n) is 3.71. The van der Waals surface area contributed by atoms with Crippen LogP contribution in [0.25, 0.3) is 10.1 Å². The van der Waals surface area contributed by atoms with E-state index < -0.39 is 10.8 Å². The monoisotopic (exact) mass is 253 g/mol. The smallest absolute Gasteiger partial charge is 0.0357 e. The van der Waals surface area contributed by atoms with Gasteiger partial charge in [-0.1, -0.05) is 18.2 Å². The third kappa shape index (κ3) is 2.90. The molecule has 0 aliphatic carbocycles. The molecule has 0 bridgehead atoms. The first kappa shape index (κ1) is 11.8. The van der Waals surface area contributed by atoms with Crippen LogP contribution in [0.2, 0.25) is 0 Å². The zero-order valence-electron chi connectivity index (χ0n) is 9.23. The van der Waals surface area contributed by atoms with Crippen LogP contribution in [0.15, 0.2) is 29.6 Å². The van der Waals surface area contributed by atoms with E-state index in [1.807, 2.05) is 0 Å². The minimum atomic E-state index is -0.701. The molecule has 1 unspecified atom stereocenters. The molecule has 86 valence electrons. The van der Waals surface area contributed by atoms with Crippen LogP contribution in [0.4, 0.5) is 0 Å². The lowest BCUT2D eigenvalue weighted by atomic mass is 10.2. The predicted octanol–water partition coefficient (Wildman–Crippen LogP) is 2.37. The zero-order chi connectivity index (χ0) is 11.4. The normalized spacial score (nSPS) is 13.1. The lowest BCUT2D eigenvalue weighted by Crippen LogP contribution is -2.19. The molecule has 4 heteroatoms. The highest BCUT2D eigenvalue weighted by Gasteiger charge is 2.02. The second kappa shape index (κ2) is 5.57. The van der Waals surface area contributed by atoms with E-state index in [1.165, 1.54) is 15.6 Å². The SMILES string of the molecule is CS(=O)CCNCc1csc2ccccc12. The fourth-order valence-electron chi connectivity index (χ4n) is 1.61. The van der Waals surface area contributed by atoms with Crippen LogP contribution in [0.3, 0.4) is 0 Å². The van der Waals surface area contributed by atoms with Crippen molar-refractivity contribution in [1.82, 2.24) is 5.32 Å². The Morgan fingerprint density at radius 2 is 2.19 bits per heavy atom. The highest BCUT2D eigenvalue weighted by Crippen LogP contribution is 2.25. The standard InChI is InChI=1S/C12H15NOS2/c1-16(14)7-6-13-8-10-9-15-12-5-3-2-4-11(10)12/h2-5,9,13H,6-8H2,1H3. The third-order valence-electron chi connectivity index (χ3n) is 2.44. The van der Waals surface area contributed by atoms with Gasteiger partial charge in [-0.3, -0.25) is 4.21 Å². The number of fused-ring (bicyclic) bond motifs is 1. The van der Waals surface area contributed by atoms with Crippen molar-refractivity contribution in [2.45, 2.75) is 6.54 Å². The molecule has 2 nitrogen and oxygen atoms in total. The molecule has 0 aliphatic heterocycles. The Morgan fingerprint density at radius 3 is 3.00 bits per heavy atom. The van der Waals surface area contributed by atoms with Crippen LogP contribution < -0.4 is 5.32 Å². The largest absolute Gasteiger partial charge is 0.312 e. The van der Waals surface area contributed by atoms with Gasteiger partial charge in [-0.25, -0.2) is 0 Å². The number of rotatable bonds is 5. The van der Waals surface area contributed by atoms with Crippen LogP contribution >= 0.6 is 11.3 Å². The van der Waals surface area contributed by atoms with Crippen molar-refractivity contribution < 1.29 is 4.21 Å².